The Bertz CT molecular complexity index is 789. The number of aromatic nitrogens is 2. The lowest BCUT2D eigenvalue weighted by Crippen LogP contribution is -2.10. The lowest BCUT2D eigenvalue weighted by molar-refractivity contribution is 0.415. The molecule has 1 aromatic heterocycles. The normalized spacial score (nSPS) is 21.8. The Morgan fingerprint density at radius 2 is 2.26 bits per heavy atom. The fraction of sp³-hybridized carbons (Fsp3) is 0.417. The van der Waals surface area contributed by atoms with E-state index in [1.165, 1.54) is 0 Å². The van der Waals surface area contributed by atoms with Crippen LogP contribution in [0.25, 0.3) is 11.0 Å². The number of nitrogens with one attached hydrogen (secondary N) is 1. The molecule has 1 saturated heterocycles. The summed E-state index contributed by atoms with van der Waals surface area (Å²) in [5, 5.41) is 0. The van der Waals surface area contributed by atoms with E-state index >= 15 is 0 Å². The quantitative estimate of drug-likeness (QED) is 0.862. The fourth-order valence-corrected chi connectivity index (χ4v) is 4.64. The number of hydrogen-bond acceptors (Lipinski definition) is 4. The second-order valence-electron chi connectivity index (χ2n) is 4.74. The van der Waals surface area contributed by atoms with Crippen molar-refractivity contribution in [3.8, 4) is 5.75 Å². The maximum atomic E-state index is 11.6. The molecule has 0 bridgehead atoms. The third kappa shape index (κ3) is 2.17. The third-order valence-corrected chi connectivity index (χ3v) is 5.55. The predicted molar refractivity (Wildman–Crippen MR) is 76.0 cm³/mol. The number of methoxy groups -OCH3 is 1. The summed E-state index contributed by atoms with van der Waals surface area (Å²) in [5.74, 6) is 1.15. The van der Waals surface area contributed by atoms with Gasteiger partial charge in [-0.1, -0.05) is 0 Å². The van der Waals surface area contributed by atoms with E-state index in [1.807, 2.05) is 22.8 Å². The van der Waals surface area contributed by atoms with Gasteiger partial charge in [-0.05, 0) is 30.8 Å². The Morgan fingerprint density at radius 3 is 2.89 bits per heavy atom. The number of aromatic amines is 1. The predicted octanol–water partition coefficient (Wildman–Crippen LogP) is 2.07. The standard InChI is InChI=1S/C12H14N2O3S2/c1-17-9-2-3-11-10(6-9)13-12(18)14(11)8-4-5-19(15,16)7-8/h2-3,6,8H,4-5,7H2,1H3,(H,13,18). The molecular formula is C12H14N2O3S2. The number of nitrogens with zero attached hydrogens (tertiary/aromatic N) is 1. The second-order valence-corrected chi connectivity index (χ2v) is 7.36. The smallest absolute Gasteiger partial charge is 0.178 e. The number of imidazole rings is 1. The van der Waals surface area contributed by atoms with Gasteiger partial charge in [0.05, 0.1) is 35.7 Å². The van der Waals surface area contributed by atoms with E-state index in [1.54, 1.807) is 7.11 Å². The molecule has 0 saturated carbocycles. The Morgan fingerprint density at radius 1 is 1.47 bits per heavy atom. The lowest BCUT2D eigenvalue weighted by atomic mass is 10.2. The largest absolute Gasteiger partial charge is 0.497 e. The van der Waals surface area contributed by atoms with Crippen LogP contribution >= 0.6 is 12.2 Å². The monoisotopic (exact) mass is 298 g/mol. The average Bonchev–Trinajstić information content (AvgIpc) is 2.86. The van der Waals surface area contributed by atoms with E-state index in [0.29, 0.717) is 11.2 Å². The molecule has 2 aromatic rings. The van der Waals surface area contributed by atoms with Crippen molar-refractivity contribution in [2.45, 2.75) is 12.5 Å². The molecule has 0 spiro atoms. The topological polar surface area (TPSA) is 64.1 Å². The molecule has 1 fully saturated rings. The minimum Gasteiger partial charge on any atom is -0.497 e. The Hall–Kier alpha value is -1.34. The molecule has 1 N–H and O–H groups in total. The summed E-state index contributed by atoms with van der Waals surface area (Å²) >= 11 is 5.32. The van der Waals surface area contributed by atoms with Crippen LogP contribution in [0.3, 0.4) is 0 Å². The first-order chi connectivity index (χ1) is 9.00. The summed E-state index contributed by atoms with van der Waals surface area (Å²) in [5.41, 5.74) is 1.79. The molecule has 1 aromatic carbocycles. The zero-order chi connectivity index (χ0) is 13.6. The Kier molecular flexibility index (Phi) is 2.90. The first-order valence-electron chi connectivity index (χ1n) is 5.99. The van der Waals surface area contributed by atoms with Crippen LogP contribution in [-0.4, -0.2) is 36.6 Å². The third-order valence-electron chi connectivity index (χ3n) is 3.50. The molecule has 1 atom stereocenters. The highest BCUT2D eigenvalue weighted by molar-refractivity contribution is 7.91. The van der Waals surface area contributed by atoms with Gasteiger partial charge in [-0.25, -0.2) is 8.42 Å². The van der Waals surface area contributed by atoms with Crippen LogP contribution < -0.4 is 4.74 Å². The van der Waals surface area contributed by atoms with Crippen molar-refractivity contribution in [1.82, 2.24) is 9.55 Å². The van der Waals surface area contributed by atoms with Gasteiger partial charge < -0.3 is 14.3 Å². The van der Waals surface area contributed by atoms with Crippen molar-refractivity contribution in [1.29, 1.82) is 0 Å². The molecule has 2 heterocycles. The lowest BCUT2D eigenvalue weighted by Gasteiger charge is -2.11. The maximum Gasteiger partial charge on any atom is 0.178 e. The summed E-state index contributed by atoms with van der Waals surface area (Å²) in [4.78, 5) is 3.11. The van der Waals surface area contributed by atoms with Crippen LogP contribution in [0.4, 0.5) is 0 Å². The van der Waals surface area contributed by atoms with Gasteiger partial charge in [0, 0.05) is 6.07 Å². The molecule has 19 heavy (non-hydrogen) atoms. The molecule has 1 aliphatic heterocycles. The highest BCUT2D eigenvalue weighted by Gasteiger charge is 2.30. The number of H-pyrrole nitrogens is 1. The Labute approximate surface area is 116 Å². The second kappa shape index (κ2) is 4.35. The number of fused-ring (bicyclic) bond motifs is 1. The number of rotatable bonds is 2. The van der Waals surface area contributed by atoms with Crippen molar-refractivity contribution >= 4 is 33.1 Å². The molecule has 5 nitrogen and oxygen atoms in total. The van der Waals surface area contributed by atoms with Crippen LogP contribution in [-0.2, 0) is 9.84 Å². The summed E-state index contributed by atoms with van der Waals surface area (Å²) < 4.78 is 30.9. The highest BCUT2D eigenvalue weighted by Crippen LogP contribution is 2.29. The van der Waals surface area contributed by atoms with Crippen molar-refractivity contribution in [2.24, 2.45) is 0 Å². The van der Waals surface area contributed by atoms with Gasteiger partial charge in [-0.3, -0.25) is 0 Å². The molecule has 1 aliphatic rings. The van der Waals surface area contributed by atoms with E-state index < -0.39 is 9.84 Å². The van der Waals surface area contributed by atoms with Gasteiger partial charge in [0.1, 0.15) is 5.75 Å². The van der Waals surface area contributed by atoms with Gasteiger partial charge in [0.25, 0.3) is 0 Å². The van der Waals surface area contributed by atoms with Crippen molar-refractivity contribution in [2.75, 3.05) is 18.6 Å². The van der Waals surface area contributed by atoms with Crippen molar-refractivity contribution in [3.05, 3.63) is 23.0 Å². The highest BCUT2D eigenvalue weighted by atomic mass is 32.2. The number of hydrogen-bond donors (Lipinski definition) is 1. The van der Waals surface area contributed by atoms with Crippen molar-refractivity contribution in [3.63, 3.8) is 0 Å². The van der Waals surface area contributed by atoms with Gasteiger partial charge in [-0.15, -0.1) is 0 Å². The molecule has 1 unspecified atom stereocenters. The summed E-state index contributed by atoms with van der Waals surface area (Å²) in [7, 11) is -1.32. The molecule has 0 aliphatic carbocycles. The van der Waals surface area contributed by atoms with E-state index in [-0.39, 0.29) is 17.5 Å². The summed E-state index contributed by atoms with van der Waals surface area (Å²) in [6.45, 7) is 0. The zero-order valence-corrected chi connectivity index (χ0v) is 12.1. The minimum atomic E-state index is -2.93. The summed E-state index contributed by atoms with van der Waals surface area (Å²) in [6.07, 6.45) is 0.621. The molecular weight excluding hydrogens is 284 g/mol. The SMILES string of the molecule is COc1ccc2c(c1)[nH]c(=S)n2C1CCS(=O)(=O)C1. The number of sulfone groups is 1. The minimum absolute atomic E-state index is 0.0698. The molecule has 3 rings (SSSR count). The Balaban J connectivity index is 2.14. The average molecular weight is 298 g/mol. The van der Waals surface area contributed by atoms with Gasteiger partial charge >= 0.3 is 0 Å². The van der Waals surface area contributed by atoms with E-state index in [0.717, 1.165) is 16.8 Å². The van der Waals surface area contributed by atoms with E-state index in [4.69, 9.17) is 17.0 Å². The first kappa shape index (κ1) is 12.7. The number of ether oxygens (including phenoxy) is 1. The molecule has 0 radical (unpaired) electrons. The maximum absolute atomic E-state index is 11.6. The summed E-state index contributed by atoms with van der Waals surface area (Å²) in [6, 6.07) is 5.56. The van der Waals surface area contributed by atoms with Gasteiger partial charge in [-0.2, -0.15) is 0 Å². The van der Waals surface area contributed by atoms with Crippen LogP contribution in [0.15, 0.2) is 18.2 Å². The van der Waals surface area contributed by atoms with Crippen LogP contribution in [0.2, 0.25) is 0 Å². The fourth-order valence-electron chi connectivity index (χ4n) is 2.58. The van der Waals surface area contributed by atoms with Crippen molar-refractivity contribution < 1.29 is 13.2 Å². The van der Waals surface area contributed by atoms with Gasteiger partial charge in [0.15, 0.2) is 14.6 Å². The zero-order valence-electron chi connectivity index (χ0n) is 10.4. The number of benzene rings is 1. The molecule has 102 valence electrons. The first-order valence-corrected chi connectivity index (χ1v) is 8.22. The van der Waals surface area contributed by atoms with E-state index in [9.17, 15) is 8.42 Å². The van der Waals surface area contributed by atoms with Gasteiger partial charge in [0.2, 0.25) is 0 Å². The molecule has 7 heteroatoms. The van der Waals surface area contributed by atoms with Crippen LogP contribution in [0.1, 0.15) is 12.5 Å². The van der Waals surface area contributed by atoms with Crippen LogP contribution in [0.5, 0.6) is 5.75 Å². The van der Waals surface area contributed by atoms with E-state index in [2.05, 4.69) is 4.98 Å². The molecule has 0 amide bonds. The van der Waals surface area contributed by atoms with Crippen LogP contribution in [0, 0.1) is 4.77 Å².